The molecule has 3 aliphatic heterocycles. The molecule has 8 atom stereocenters. The van der Waals surface area contributed by atoms with Crippen LogP contribution in [0.5, 0.6) is 0 Å². The minimum Gasteiger partial charge on any atom is -0.460 e. The van der Waals surface area contributed by atoms with Crippen LogP contribution in [0.15, 0.2) is 60.7 Å². The van der Waals surface area contributed by atoms with Crippen molar-refractivity contribution in [2.45, 2.75) is 178 Å². The van der Waals surface area contributed by atoms with Crippen molar-refractivity contribution >= 4 is 35.8 Å². The molecule has 6 rings (SSSR count). The Morgan fingerprint density at radius 2 is 1.59 bits per heavy atom. The number of ether oxygens (including phenoxy) is 5. The zero-order valence-electron chi connectivity index (χ0n) is 40.5. The number of aliphatic hydroxyl groups is 1. The predicted molar refractivity (Wildman–Crippen MR) is 245 cm³/mol. The number of benzene rings is 2. The molecular formula is C51H68F3N3O12. The second kappa shape index (κ2) is 22.9. The van der Waals surface area contributed by atoms with Gasteiger partial charge in [0.15, 0.2) is 18.4 Å². The molecule has 0 unspecified atom stereocenters. The molecule has 3 saturated heterocycles. The molecule has 0 radical (unpaired) electrons. The molecule has 15 nitrogen and oxygen atoms in total. The number of likely N-dealkylation sites (N-methyl/N-ethyl adjacent to an activating group) is 1. The molecule has 0 aromatic heterocycles. The SMILES string of the molecule is CCCCCC1(CCCCC)O[C@@H]2[C@H](O1)[C@H]1ON(Cc3ccc(C=CC(=O)OCC(F)(F)F)cc3)[C@@H]3C(=O)O[C@@H]2C[C@]13C(=O)N(C)[C@H](Cc1ccccc1)C(=O)N[C@H](CO)CCC(=O)OC(C)(C)C. The van der Waals surface area contributed by atoms with Crippen molar-refractivity contribution < 1.29 is 70.8 Å². The molecule has 2 aromatic carbocycles. The van der Waals surface area contributed by atoms with Crippen LogP contribution >= 0.6 is 0 Å². The Balaban J connectivity index is 1.34. The number of carbonyl (C=O) groups is 5. The van der Waals surface area contributed by atoms with Gasteiger partial charge in [0.05, 0.1) is 19.2 Å². The molecule has 2 amide bonds. The first kappa shape index (κ1) is 53.5. The van der Waals surface area contributed by atoms with Gasteiger partial charge >= 0.3 is 24.1 Å². The maximum Gasteiger partial charge on any atom is 0.422 e. The molecule has 3 heterocycles. The third kappa shape index (κ3) is 13.3. The van der Waals surface area contributed by atoms with Gasteiger partial charge in [-0.25, -0.2) is 4.79 Å². The van der Waals surface area contributed by atoms with Crippen molar-refractivity contribution in [2.24, 2.45) is 5.41 Å². The number of esters is 3. The van der Waals surface area contributed by atoms with Gasteiger partial charge in [0.25, 0.3) is 0 Å². The number of hydroxylamine groups is 2. The topological polar surface area (TPSA) is 179 Å². The second-order valence-electron chi connectivity index (χ2n) is 19.6. The van der Waals surface area contributed by atoms with Crippen LogP contribution in [0.4, 0.5) is 13.2 Å². The lowest BCUT2D eigenvalue weighted by Crippen LogP contribution is -2.70. The average molecular weight is 972 g/mol. The molecule has 69 heavy (non-hydrogen) atoms. The quantitative estimate of drug-likeness (QED) is 0.0508. The van der Waals surface area contributed by atoms with Crippen LogP contribution in [0.3, 0.4) is 0 Å². The molecule has 1 saturated carbocycles. The third-order valence-corrected chi connectivity index (χ3v) is 13.1. The molecule has 380 valence electrons. The molecule has 4 fully saturated rings. The summed E-state index contributed by atoms with van der Waals surface area (Å²) >= 11 is 0. The fraction of sp³-hybridized carbons (Fsp3) is 0.627. The Kier molecular flexibility index (Phi) is 17.8. The number of amides is 2. The third-order valence-electron chi connectivity index (χ3n) is 13.1. The van der Waals surface area contributed by atoms with Crippen molar-refractivity contribution in [3.8, 4) is 0 Å². The highest BCUT2D eigenvalue weighted by Gasteiger charge is 2.76. The molecule has 2 bridgehead atoms. The van der Waals surface area contributed by atoms with Crippen LogP contribution in [-0.4, -0.2) is 125 Å². The maximum atomic E-state index is 15.8. The van der Waals surface area contributed by atoms with Crippen LogP contribution in [0.2, 0.25) is 0 Å². The lowest BCUT2D eigenvalue weighted by molar-refractivity contribution is -0.225. The lowest BCUT2D eigenvalue weighted by Gasteiger charge is -2.50. The molecule has 0 spiro atoms. The number of rotatable bonds is 23. The first-order valence-corrected chi connectivity index (χ1v) is 24.2. The van der Waals surface area contributed by atoms with E-state index in [0.29, 0.717) is 24.0 Å². The summed E-state index contributed by atoms with van der Waals surface area (Å²) in [7, 11) is 1.51. The van der Waals surface area contributed by atoms with Crippen LogP contribution in [0.1, 0.15) is 122 Å². The summed E-state index contributed by atoms with van der Waals surface area (Å²) in [6, 6.07) is 12.4. The van der Waals surface area contributed by atoms with E-state index in [2.05, 4.69) is 23.9 Å². The van der Waals surface area contributed by atoms with Gasteiger partial charge in [0.1, 0.15) is 41.5 Å². The highest BCUT2D eigenvalue weighted by atomic mass is 19.4. The zero-order chi connectivity index (χ0) is 50.1. The van der Waals surface area contributed by atoms with Crippen molar-refractivity contribution in [1.82, 2.24) is 15.3 Å². The normalized spacial score (nSPS) is 24.8. The number of carbonyl (C=O) groups excluding carboxylic acids is 5. The van der Waals surface area contributed by atoms with Gasteiger partial charge in [-0.1, -0.05) is 94.1 Å². The van der Waals surface area contributed by atoms with Crippen molar-refractivity contribution in [3.63, 3.8) is 0 Å². The van der Waals surface area contributed by atoms with Gasteiger partial charge < -0.3 is 39.0 Å². The predicted octanol–water partition coefficient (Wildman–Crippen LogP) is 6.91. The van der Waals surface area contributed by atoms with E-state index < -0.39 is 108 Å². The first-order chi connectivity index (χ1) is 32.7. The Morgan fingerprint density at radius 3 is 2.20 bits per heavy atom. The molecule has 2 aromatic rings. The molecular weight excluding hydrogens is 904 g/mol. The van der Waals surface area contributed by atoms with Gasteiger partial charge in [-0.3, -0.25) is 24.0 Å². The van der Waals surface area contributed by atoms with E-state index in [0.717, 1.165) is 50.2 Å². The Labute approximate surface area is 402 Å². The van der Waals surface area contributed by atoms with E-state index in [-0.39, 0.29) is 32.2 Å². The van der Waals surface area contributed by atoms with Crippen LogP contribution in [-0.2, 0) is 65.5 Å². The standard InChI is InChI=1S/C51H68F3N3O12/c1-7-9-14-26-49(27-15-10-8-2)67-41-38-29-50(47(63)56(6)37(28-34-16-12-11-13-17-34)45(61)55-36(31-58)23-25-40(60)66-48(3,4)5)43(46(62)65-38)57(69-44(50)42(41)68-49)30-35-20-18-33(19-21-35)22-24-39(59)64-32-51(52,53)54/h11-13,16-22,24,36-38,41-44,58H,7-10,14-15,23,25-32H2,1-6H3,(H,55,61)/t36-,37+,38+,41-,42-,43+,44+,50+/m0/s1. The number of alkyl halides is 3. The number of fused-ring (bicyclic) bond motifs is 4. The number of aliphatic hydroxyl groups excluding tert-OH is 1. The number of hydrogen-bond acceptors (Lipinski definition) is 13. The highest BCUT2D eigenvalue weighted by molar-refractivity contribution is 5.96. The number of unbranched alkanes of at least 4 members (excludes halogenated alkanes) is 4. The summed E-state index contributed by atoms with van der Waals surface area (Å²) in [5, 5.41) is 14.7. The van der Waals surface area contributed by atoms with Crippen LogP contribution in [0, 0.1) is 5.41 Å². The summed E-state index contributed by atoms with van der Waals surface area (Å²) < 4.78 is 67.6. The lowest BCUT2D eigenvalue weighted by atomic mass is 9.62. The summed E-state index contributed by atoms with van der Waals surface area (Å²) in [4.78, 5) is 77.7. The average Bonchev–Trinajstić information content (AvgIpc) is 3.86. The Morgan fingerprint density at radius 1 is 0.942 bits per heavy atom. The van der Waals surface area contributed by atoms with E-state index in [4.69, 9.17) is 23.8 Å². The first-order valence-electron chi connectivity index (χ1n) is 24.2. The van der Waals surface area contributed by atoms with Crippen molar-refractivity contribution in [3.05, 3.63) is 77.4 Å². The van der Waals surface area contributed by atoms with E-state index in [1.807, 2.05) is 30.3 Å². The zero-order valence-corrected chi connectivity index (χ0v) is 40.5. The number of nitrogens with one attached hydrogen (secondary N) is 1. The van der Waals surface area contributed by atoms with Crippen LogP contribution < -0.4 is 5.32 Å². The summed E-state index contributed by atoms with van der Waals surface area (Å²) in [6.45, 7) is 7.22. The minimum atomic E-state index is -4.66. The van der Waals surface area contributed by atoms with Gasteiger partial charge in [-0.15, -0.1) is 0 Å². The van der Waals surface area contributed by atoms with Gasteiger partial charge in [-0.05, 0) is 62.8 Å². The van der Waals surface area contributed by atoms with Gasteiger partial charge in [0.2, 0.25) is 11.8 Å². The number of hydrogen-bond donors (Lipinski definition) is 2. The number of nitrogens with zero attached hydrogens (tertiary/aromatic N) is 2. The summed E-state index contributed by atoms with van der Waals surface area (Å²) in [5.74, 6) is -4.53. The van der Waals surface area contributed by atoms with Crippen LogP contribution in [0.25, 0.3) is 6.08 Å². The second-order valence-corrected chi connectivity index (χ2v) is 19.6. The highest BCUT2D eigenvalue weighted by Crippen LogP contribution is 2.58. The smallest absolute Gasteiger partial charge is 0.422 e. The monoisotopic (exact) mass is 971 g/mol. The molecule has 2 N–H and O–H groups in total. The van der Waals surface area contributed by atoms with E-state index in [1.165, 1.54) is 23.1 Å². The fourth-order valence-electron chi connectivity index (χ4n) is 9.86. The largest absolute Gasteiger partial charge is 0.460 e. The van der Waals surface area contributed by atoms with E-state index >= 15 is 4.79 Å². The Bertz CT molecular complexity index is 2110. The fourth-order valence-corrected chi connectivity index (χ4v) is 9.86. The maximum absolute atomic E-state index is 15.8. The van der Waals surface area contributed by atoms with Gasteiger partial charge in [-0.2, -0.15) is 18.2 Å². The molecule has 1 aliphatic carbocycles. The minimum absolute atomic E-state index is 0.00126. The summed E-state index contributed by atoms with van der Waals surface area (Å²) in [5.41, 5.74) is -0.542. The van der Waals surface area contributed by atoms with E-state index in [1.54, 1.807) is 45.0 Å². The Hall–Kier alpha value is -4.88. The van der Waals surface area contributed by atoms with Crippen molar-refractivity contribution in [1.29, 1.82) is 0 Å². The van der Waals surface area contributed by atoms with Crippen molar-refractivity contribution in [2.75, 3.05) is 20.3 Å². The molecule has 4 aliphatic rings. The summed E-state index contributed by atoms with van der Waals surface area (Å²) in [6.07, 6.45) is 0.637. The number of halogens is 3. The molecule has 18 heteroatoms. The van der Waals surface area contributed by atoms with E-state index in [9.17, 15) is 37.5 Å². The van der Waals surface area contributed by atoms with Gasteiger partial charge in [0, 0.05) is 45.2 Å².